The molecule has 0 saturated heterocycles. The number of ketones is 5. The Morgan fingerprint density at radius 3 is 1.12 bits per heavy atom. The number of esters is 4. The smallest absolute Gasteiger partial charge is 0.347 e. The van der Waals surface area contributed by atoms with E-state index in [1.54, 1.807) is 104 Å². The van der Waals surface area contributed by atoms with Crippen molar-refractivity contribution in [1.29, 1.82) is 0 Å². The van der Waals surface area contributed by atoms with Crippen molar-refractivity contribution in [2.45, 2.75) is 183 Å². The first-order valence-corrected chi connectivity index (χ1v) is 24.0. The highest BCUT2D eigenvalue weighted by molar-refractivity contribution is 5.91. The van der Waals surface area contributed by atoms with E-state index in [4.69, 9.17) is 33.2 Å². The quantitative estimate of drug-likeness (QED) is 0.0549. The van der Waals surface area contributed by atoms with Crippen molar-refractivity contribution in [3.05, 3.63) is 0 Å². The van der Waals surface area contributed by atoms with E-state index in [0.29, 0.717) is 19.8 Å². The Labute approximate surface area is 432 Å². The van der Waals surface area contributed by atoms with Gasteiger partial charge in [0.25, 0.3) is 0 Å². The molecular formula is C53H98O19. The molecular weight excluding hydrogens is 941 g/mol. The van der Waals surface area contributed by atoms with Crippen LogP contribution in [0.1, 0.15) is 152 Å². The van der Waals surface area contributed by atoms with Gasteiger partial charge in [-0.2, -0.15) is 0 Å². The molecule has 0 rings (SSSR count). The molecule has 0 aromatic rings. The molecule has 72 heavy (non-hydrogen) atoms. The minimum atomic E-state index is -1.01. The molecule has 0 spiro atoms. The molecule has 5 unspecified atom stereocenters. The average molecular weight is 1040 g/mol. The summed E-state index contributed by atoms with van der Waals surface area (Å²) in [5.74, 6) is -2.65. The van der Waals surface area contributed by atoms with Crippen molar-refractivity contribution in [2.24, 2.45) is 33.0 Å². The van der Waals surface area contributed by atoms with Crippen molar-refractivity contribution in [1.82, 2.24) is 0 Å². The summed E-state index contributed by atoms with van der Waals surface area (Å²) >= 11 is 0. The van der Waals surface area contributed by atoms with Crippen molar-refractivity contribution >= 4 is 52.8 Å². The third-order valence-electron chi connectivity index (χ3n) is 9.23. The monoisotopic (exact) mass is 1040 g/mol. The summed E-state index contributed by atoms with van der Waals surface area (Å²) in [4.78, 5) is 102. The van der Waals surface area contributed by atoms with Crippen LogP contribution in [0.25, 0.3) is 0 Å². The van der Waals surface area contributed by atoms with Gasteiger partial charge in [-0.15, -0.1) is 0 Å². The molecule has 0 amide bonds. The van der Waals surface area contributed by atoms with Gasteiger partial charge in [-0.1, -0.05) is 118 Å². The van der Waals surface area contributed by atoms with Crippen LogP contribution in [0.5, 0.6) is 0 Å². The molecule has 0 saturated carbocycles. The number of methoxy groups -OCH3 is 4. The summed E-state index contributed by atoms with van der Waals surface area (Å²) in [6.07, 6.45) is -2.90. The summed E-state index contributed by atoms with van der Waals surface area (Å²) in [6.45, 7) is 40.1. The minimum absolute atomic E-state index is 0.0326. The Morgan fingerprint density at radius 1 is 0.389 bits per heavy atom. The molecule has 0 aliphatic rings. The van der Waals surface area contributed by atoms with Gasteiger partial charge in [0.05, 0.1) is 31.8 Å². The van der Waals surface area contributed by atoms with Crippen LogP contribution in [-0.2, 0) is 90.5 Å². The van der Waals surface area contributed by atoms with Gasteiger partial charge < -0.3 is 47.4 Å². The van der Waals surface area contributed by atoms with Gasteiger partial charge in [0.1, 0.15) is 25.9 Å². The Morgan fingerprint density at radius 2 is 0.764 bits per heavy atom. The van der Waals surface area contributed by atoms with Gasteiger partial charge in [0.2, 0.25) is 0 Å². The Kier molecular flexibility index (Phi) is 40.2. The number of rotatable bonds is 23. The van der Waals surface area contributed by atoms with Crippen molar-refractivity contribution in [2.75, 3.05) is 74.7 Å². The average Bonchev–Trinajstić information content (AvgIpc) is 3.24. The van der Waals surface area contributed by atoms with Crippen LogP contribution in [0.4, 0.5) is 0 Å². The maximum absolute atomic E-state index is 11.9. The van der Waals surface area contributed by atoms with Crippen LogP contribution in [-0.4, -0.2) is 158 Å². The molecule has 0 N–H and O–H groups in total. The fraction of sp³-hybridized carbons (Fsp3) is 0.830. The SMILES string of the molecule is CC(C)C(=O)OC(C)C(=O)OC(C)C(=O)C(C)(C)C.COC(C)COC(C)C(=O)C(C)(C)C.COCC(=O)OC(C)C(=O)C(C)(C)C.COCC(=O)OCC(=O)C(C)(C)C.COCCOCC(=O)C(C)(C)C. The van der Waals surface area contributed by atoms with Gasteiger partial charge in [0, 0.05) is 55.5 Å². The third kappa shape index (κ3) is 41.5. The van der Waals surface area contributed by atoms with Crippen LogP contribution in [0.3, 0.4) is 0 Å². The summed E-state index contributed by atoms with van der Waals surface area (Å²) < 4.78 is 48.9. The van der Waals surface area contributed by atoms with E-state index >= 15 is 0 Å². The summed E-state index contributed by atoms with van der Waals surface area (Å²) in [6, 6.07) is 0. The number of hydrogen-bond acceptors (Lipinski definition) is 19. The molecule has 424 valence electrons. The lowest BCUT2D eigenvalue weighted by Gasteiger charge is -2.23. The second kappa shape index (κ2) is 37.7. The predicted molar refractivity (Wildman–Crippen MR) is 273 cm³/mol. The van der Waals surface area contributed by atoms with Gasteiger partial charge >= 0.3 is 23.9 Å². The summed E-state index contributed by atoms with van der Waals surface area (Å²) in [5.41, 5.74) is -2.18. The molecule has 0 radical (unpaired) electrons. The van der Waals surface area contributed by atoms with E-state index in [9.17, 15) is 43.2 Å². The van der Waals surface area contributed by atoms with E-state index in [2.05, 4.69) is 14.2 Å². The number of ether oxygens (including phenoxy) is 10. The van der Waals surface area contributed by atoms with E-state index < -0.39 is 58.4 Å². The maximum Gasteiger partial charge on any atom is 0.347 e. The van der Waals surface area contributed by atoms with Gasteiger partial charge in [0.15, 0.2) is 53.8 Å². The molecule has 0 fully saturated rings. The maximum atomic E-state index is 11.9. The molecule has 19 nitrogen and oxygen atoms in total. The van der Waals surface area contributed by atoms with Crippen LogP contribution >= 0.6 is 0 Å². The predicted octanol–water partition coefficient (Wildman–Crippen LogP) is 7.40. The highest BCUT2D eigenvalue weighted by atomic mass is 16.6. The third-order valence-corrected chi connectivity index (χ3v) is 9.23. The van der Waals surface area contributed by atoms with Crippen LogP contribution in [0.2, 0.25) is 0 Å². The first kappa shape index (κ1) is 76.9. The topological polar surface area (TPSA) is 246 Å². The minimum Gasteiger partial charge on any atom is -0.456 e. The van der Waals surface area contributed by atoms with Crippen LogP contribution in [0.15, 0.2) is 0 Å². The van der Waals surface area contributed by atoms with Crippen molar-refractivity contribution in [3.8, 4) is 0 Å². The molecule has 0 heterocycles. The van der Waals surface area contributed by atoms with E-state index in [1.807, 2.05) is 48.5 Å². The molecule has 0 aromatic carbocycles. The molecule has 0 aliphatic carbocycles. The zero-order chi connectivity index (χ0) is 58.2. The molecule has 5 atom stereocenters. The fourth-order valence-corrected chi connectivity index (χ4v) is 4.38. The molecule has 0 aromatic heterocycles. The van der Waals surface area contributed by atoms with Crippen molar-refractivity contribution in [3.63, 3.8) is 0 Å². The first-order chi connectivity index (χ1) is 32.4. The number of hydrogen-bond donors (Lipinski definition) is 0. The molecule has 19 heteroatoms. The molecule has 0 bridgehead atoms. The van der Waals surface area contributed by atoms with Crippen LogP contribution < -0.4 is 0 Å². The second-order valence-electron chi connectivity index (χ2n) is 22.2. The zero-order valence-electron chi connectivity index (χ0n) is 49.2. The lowest BCUT2D eigenvalue weighted by atomic mass is 9.88. The largest absolute Gasteiger partial charge is 0.456 e. The highest BCUT2D eigenvalue weighted by Crippen LogP contribution is 2.21. The number of carbonyl (C=O) groups is 9. The lowest BCUT2D eigenvalue weighted by Crippen LogP contribution is -2.37. The van der Waals surface area contributed by atoms with Crippen molar-refractivity contribution < 1.29 is 90.5 Å². The second-order valence-corrected chi connectivity index (χ2v) is 22.2. The lowest BCUT2D eigenvalue weighted by molar-refractivity contribution is -0.173. The van der Waals surface area contributed by atoms with E-state index in [0.717, 1.165) is 0 Å². The molecule has 0 aliphatic heterocycles. The zero-order valence-corrected chi connectivity index (χ0v) is 49.2. The Hall–Kier alpha value is -4.01. The summed E-state index contributed by atoms with van der Waals surface area (Å²) in [7, 11) is 6.03. The van der Waals surface area contributed by atoms with Gasteiger partial charge in [-0.05, 0) is 34.6 Å². The first-order valence-electron chi connectivity index (χ1n) is 24.0. The fourth-order valence-electron chi connectivity index (χ4n) is 4.38. The number of Topliss-reactive ketones (excluding diaryl/α,β-unsaturated/α-hetero) is 5. The summed E-state index contributed by atoms with van der Waals surface area (Å²) in [5, 5.41) is 0. The van der Waals surface area contributed by atoms with E-state index in [-0.39, 0.29) is 84.3 Å². The number of carbonyl (C=O) groups excluding carboxylic acids is 9. The normalized spacial score (nSPS) is 13.7. The highest BCUT2D eigenvalue weighted by Gasteiger charge is 2.32. The van der Waals surface area contributed by atoms with Gasteiger partial charge in [-0.25, -0.2) is 14.4 Å². The Bertz CT molecular complexity index is 1620. The van der Waals surface area contributed by atoms with Gasteiger partial charge in [-0.3, -0.25) is 28.8 Å². The van der Waals surface area contributed by atoms with Crippen LogP contribution in [0, 0.1) is 33.0 Å². The van der Waals surface area contributed by atoms with E-state index in [1.165, 1.54) is 28.1 Å². The standard InChI is InChI=1S/C14H24O5.C11H22O3.C10H18O4.C9H16O4.C9H18O3/c1-8(2)12(16)19-10(4)13(17)18-9(3)11(15)14(5,6)7;1-8(13-6)7-14-9(2)10(12)11(3,4)5;1-7(9(12)10(2,3)4)14-8(11)6-13-5;1-9(2,3)7(10)5-13-8(11)6-12-4;1-9(2,3)8(10)7-12-6-5-11-4/h8-10H,1-7H3;8-9H,7H2,1-6H3;7H,6H2,1-5H3;5-6H2,1-4H3;5-7H2,1-4H3. The Balaban J connectivity index is -0.000000262.